The summed E-state index contributed by atoms with van der Waals surface area (Å²) in [6.45, 7) is 0. The Hall–Kier alpha value is -3.96. The van der Waals surface area contributed by atoms with Gasteiger partial charge < -0.3 is 19.7 Å². The highest BCUT2D eigenvalue weighted by Gasteiger charge is 2.65. The Labute approximate surface area is 164 Å². The van der Waals surface area contributed by atoms with Gasteiger partial charge in [-0.15, -0.1) is 0 Å². The third-order valence-electron chi connectivity index (χ3n) is 3.52. The van der Waals surface area contributed by atoms with Gasteiger partial charge in [-0.1, -0.05) is 0 Å². The zero-order chi connectivity index (χ0) is 22.7. The Balaban J connectivity index is 2.12. The first kappa shape index (κ1) is 22.3. The van der Waals surface area contributed by atoms with E-state index in [4.69, 9.17) is 10.2 Å². The summed E-state index contributed by atoms with van der Waals surface area (Å²) in [5.41, 5.74) is -1.92. The molecule has 0 aliphatic rings. The van der Waals surface area contributed by atoms with E-state index >= 15 is 0 Å². The van der Waals surface area contributed by atoms with Crippen molar-refractivity contribution in [1.82, 2.24) is 0 Å². The maximum atomic E-state index is 13.7. The van der Waals surface area contributed by atoms with Gasteiger partial charge in [-0.3, -0.25) is 0 Å². The number of aromatic carboxylic acids is 2. The standard InChI is InChI=1S/C18H10F4O8/c19-17(20,29-15(27)11-5-1-9(2-6-11)13(23)24)18(21,22)30-16(28)12-7-3-10(4-8-12)14(25)26/h1-8H,(H,23,24)(H,25,26). The van der Waals surface area contributed by atoms with Gasteiger partial charge in [0.05, 0.1) is 22.3 Å². The van der Waals surface area contributed by atoms with Crippen molar-refractivity contribution < 1.29 is 56.4 Å². The van der Waals surface area contributed by atoms with E-state index in [1.807, 2.05) is 0 Å². The lowest BCUT2D eigenvalue weighted by atomic mass is 10.1. The van der Waals surface area contributed by atoms with Gasteiger partial charge in [0.15, 0.2) is 0 Å². The van der Waals surface area contributed by atoms with Gasteiger partial charge in [-0.25, -0.2) is 19.2 Å². The number of esters is 2. The Bertz CT molecular complexity index is 903. The van der Waals surface area contributed by atoms with Crippen molar-refractivity contribution in [2.45, 2.75) is 12.2 Å². The van der Waals surface area contributed by atoms with Gasteiger partial charge in [0.1, 0.15) is 0 Å². The van der Waals surface area contributed by atoms with Crippen molar-refractivity contribution in [3.63, 3.8) is 0 Å². The molecule has 0 aromatic heterocycles. The number of carboxylic acid groups (broad SMARTS) is 2. The largest absolute Gasteiger partial charge is 0.510 e. The number of alkyl halides is 4. The first-order valence-electron chi connectivity index (χ1n) is 7.73. The molecule has 2 N–H and O–H groups in total. The first-order valence-corrected chi connectivity index (χ1v) is 7.73. The highest BCUT2D eigenvalue weighted by molar-refractivity contribution is 5.93. The Morgan fingerprint density at radius 1 is 0.567 bits per heavy atom. The van der Waals surface area contributed by atoms with Crippen LogP contribution < -0.4 is 0 Å². The Kier molecular flexibility index (Phi) is 6.09. The van der Waals surface area contributed by atoms with E-state index < -0.39 is 47.2 Å². The summed E-state index contributed by atoms with van der Waals surface area (Å²) in [7, 11) is 0. The molecule has 0 saturated heterocycles. The van der Waals surface area contributed by atoms with Crippen LogP contribution in [0.5, 0.6) is 0 Å². The molecule has 0 fully saturated rings. The number of ether oxygens (including phenoxy) is 2. The van der Waals surface area contributed by atoms with Crippen LogP contribution in [0.4, 0.5) is 17.6 Å². The van der Waals surface area contributed by atoms with E-state index in [-0.39, 0.29) is 11.1 Å². The molecule has 2 aromatic carbocycles. The summed E-state index contributed by atoms with van der Waals surface area (Å²) in [5.74, 6) is -6.62. The van der Waals surface area contributed by atoms with Gasteiger partial charge in [-0.2, -0.15) is 17.6 Å². The fourth-order valence-corrected chi connectivity index (χ4v) is 1.97. The number of carbonyl (C=O) groups is 4. The second-order valence-electron chi connectivity index (χ2n) is 5.58. The van der Waals surface area contributed by atoms with E-state index in [9.17, 15) is 36.7 Å². The van der Waals surface area contributed by atoms with E-state index in [0.717, 1.165) is 48.5 Å². The number of hydrogen-bond donors (Lipinski definition) is 2. The van der Waals surface area contributed by atoms with E-state index in [0.29, 0.717) is 0 Å². The maximum absolute atomic E-state index is 13.7. The quantitative estimate of drug-likeness (QED) is 0.506. The highest BCUT2D eigenvalue weighted by atomic mass is 19.3. The second kappa shape index (κ2) is 8.19. The number of benzene rings is 2. The molecule has 12 heteroatoms. The molecule has 0 aliphatic carbocycles. The predicted octanol–water partition coefficient (Wildman–Crippen LogP) is 3.28. The molecule has 0 heterocycles. The summed E-state index contributed by atoms with van der Waals surface area (Å²) in [4.78, 5) is 44.7. The van der Waals surface area contributed by atoms with Crippen LogP contribution in [0, 0.1) is 0 Å². The number of carbonyl (C=O) groups excluding carboxylic acids is 2. The molecule has 0 bridgehead atoms. The molecule has 30 heavy (non-hydrogen) atoms. The minimum Gasteiger partial charge on any atom is -0.478 e. The first-order chi connectivity index (χ1) is 13.8. The fraction of sp³-hybridized carbons (Fsp3) is 0.111. The third kappa shape index (κ3) is 4.90. The Morgan fingerprint density at radius 3 is 1.03 bits per heavy atom. The number of rotatable bonds is 7. The molecule has 158 valence electrons. The summed E-state index contributed by atoms with van der Waals surface area (Å²) in [6, 6.07) is 6.47. The molecular formula is C18H10F4O8. The lowest BCUT2D eigenvalue weighted by Crippen LogP contribution is -2.47. The zero-order valence-electron chi connectivity index (χ0n) is 14.5. The normalized spacial score (nSPS) is 11.5. The highest BCUT2D eigenvalue weighted by Crippen LogP contribution is 2.37. The van der Waals surface area contributed by atoms with Crippen LogP contribution in [0.1, 0.15) is 41.4 Å². The number of halogens is 4. The zero-order valence-corrected chi connectivity index (χ0v) is 14.5. The van der Waals surface area contributed by atoms with Crippen molar-refractivity contribution >= 4 is 23.9 Å². The van der Waals surface area contributed by atoms with Gasteiger partial charge in [0.25, 0.3) is 0 Å². The minimum absolute atomic E-state index is 0.300. The molecule has 2 rings (SSSR count). The predicted molar refractivity (Wildman–Crippen MR) is 87.5 cm³/mol. The van der Waals surface area contributed by atoms with Gasteiger partial charge >= 0.3 is 36.1 Å². The van der Waals surface area contributed by atoms with Gasteiger partial charge in [0, 0.05) is 0 Å². The molecule has 0 radical (unpaired) electrons. The Morgan fingerprint density at radius 2 is 0.800 bits per heavy atom. The number of carboxylic acids is 2. The summed E-state index contributed by atoms with van der Waals surface area (Å²) in [5, 5.41) is 17.4. The molecule has 0 aliphatic heterocycles. The van der Waals surface area contributed by atoms with Gasteiger partial charge in [0.2, 0.25) is 0 Å². The summed E-state index contributed by atoms with van der Waals surface area (Å²) >= 11 is 0. The molecule has 8 nitrogen and oxygen atoms in total. The smallest absolute Gasteiger partial charge is 0.478 e. The topological polar surface area (TPSA) is 127 Å². The van der Waals surface area contributed by atoms with Crippen LogP contribution >= 0.6 is 0 Å². The lowest BCUT2D eigenvalue weighted by molar-refractivity contribution is -0.396. The second-order valence-corrected chi connectivity index (χ2v) is 5.58. The van der Waals surface area contributed by atoms with E-state index in [1.165, 1.54) is 0 Å². The number of hydrogen-bond acceptors (Lipinski definition) is 6. The molecule has 0 unspecified atom stereocenters. The van der Waals surface area contributed by atoms with Crippen molar-refractivity contribution in [2.75, 3.05) is 0 Å². The van der Waals surface area contributed by atoms with Crippen LogP contribution in [-0.4, -0.2) is 46.3 Å². The average molecular weight is 430 g/mol. The van der Waals surface area contributed by atoms with Gasteiger partial charge in [-0.05, 0) is 48.5 Å². The van der Waals surface area contributed by atoms with Crippen molar-refractivity contribution in [3.8, 4) is 0 Å². The molecule has 0 spiro atoms. The monoisotopic (exact) mass is 430 g/mol. The fourth-order valence-electron chi connectivity index (χ4n) is 1.97. The van der Waals surface area contributed by atoms with E-state index in [1.54, 1.807) is 0 Å². The molecule has 2 aromatic rings. The van der Waals surface area contributed by atoms with Crippen LogP contribution in [0.25, 0.3) is 0 Å². The molecule has 0 atom stereocenters. The molecule has 0 saturated carbocycles. The SMILES string of the molecule is O=C(O)c1ccc(C(=O)OC(F)(F)C(F)(F)OC(=O)c2ccc(C(=O)O)cc2)cc1. The molecular weight excluding hydrogens is 420 g/mol. The van der Waals surface area contributed by atoms with E-state index in [2.05, 4.69) is 9.47 Å². The minimum atomic E-state index is -5.58. The average Bonchev–Trinajstić information content (AvgIpc) is 2.67. The summed E-state index contributed by atoms with van der Waals surface area (Å²) < 4.78 is 61.9. The summed E-state index contributed by atoms with van der Waals surface area (Å²) in [6.07, 6.45) is -11.2. The van der Waals surface area contributed by atoms with Crippen LogP contribution in [0.15, 0.2) is 48.5 Å². The van der Waals surface area contributed by atoms with Crippen molar-refractivity contribution in [3.05, 3.63) is 70.8 Å². The van der Waals surface area contributed by atoms with Crippen molar-refractivity contribution in [2.24, 2.45) is 0 Å². The van der Waals surface area contributed by atoms with Crippen molar-refractivity contribution in [1.29, 1.82) is 0 Å². The maximum Gasteiger partial charge on any atom is 0.510 e. The van der Waals surface area contributed by atoms with Crippen LogP contribution in [0.3, 0.4) is 0 Å². The van der Waals surface area contributed by atoms with Crippen LogP contribution in [-0.2, 0) is 9.47 Å². The lowest BCUT2D eigenvalue weighted by Gasteiger charge is -2.24. The third-order valence-corrected chi connectivity index (χ3v) is 3.52. The molecule has 0 amide bonds. The van der Waals surface area contributed by atoms with Crippen LogP contribution in [0.2, 0.25) is 0 Å².